The van der Waals surface area contributed by atoms with Crippen molar-refractivity contribution >= 4 is 40.3 Å². The Hall–Kier alpha value is -2.94. The van der Waals surface area contributed by atoms with E-state index >= 15 is 0 Å². The monoisotopic (exact) mass is 521 g/mol. The van der Waals surface area contributed by atoms with Gasteiger partial charge in [0.1, 0.15) is 15.8 Å². The van der Waals surface area contributed by atoms with Crippen molar-refractivity contribution < 1.29 is 14.3 Å². The van der Waals surface area contributed by atoms with Crippen LogP contribution >= 0.6 is 24.0 Å². The highest BCUT2D eigenvalue weighted by atomic mass is 32.2. The van der Waals surface area contributed by atoms with Crippen molar-refractivity contribution in [3.63, 3.8) is 0 Å². The maximum absolute atomic E-state index is 13.2. The number of aryl methyl sites for hydroxylation is 1. The number of thiocarbonyl (C=S) groups is 1. The van der Waals surface area contributed by atoms with Gasteiger partial charge in [0, 0.05) is 37.1 Å². The molecule has 4 rings (SSSR count). The number of rotatable bonds is 11. The van der Waals surface area contributed by atoms with Crippen molar-refractivity contribution in [2.45, 2.75) is 33.6 Å². The molecule has 0 spiro atoms. The van der Waals surface area contributed by atoms with Crippen molar-refractivity contribution in [3.05, 3.63) is 70.8 Å². The number of carbonyl (C=O) groups excluding carboxylic acids is 1. The Morgan fingerprint density at radius 3 is 2.64 bits per heavy atom. The van der Waals surface area contributed by atoms with Crippen molar-refractivity contribution in [1.29, 1.82) is 0 Å². The Morgan fingerprint density at radius 1 is 1.11 bits per heavy atom. The fraction of sp³-hybridized carbons (Fsp3) is 0.321. The molecule has 1 saturated heterocycles. The van der Waals surface area contributed by atoms with Crippen molar-refractivity contribution in [2.75, 3.05) is 26.4 Å². The molecule has 1 aromatic heterocycles. The van der Waals surface area contributed by atoms with Gasteiger partial charge in [-0.15, -0.1) is 0 Å². The summed E-state index contributed by atoms with van der Waals surface area (Å²) >= 11 is 6.85. The van der Waals surface area contributed by atoms with Gasteiger partial charge < -0.3 is 9.47 Å². The summed E-state index contributed by atoms with van der Waals surface area (Å²) in [5, 5.41) is 4.93. The van der Waals surface area contributed by atoms with E-state index in [1.807, 2.05) is 72.4 Å². The predicted octanol–water partition coefficient (Wildman–Crippen LogP) is 6.26. The number of nitrogens with zero attached hydrogens (tertiary/aromatic N) is 3. The van der Waals surface area contributed by atoms with E-state index in [0.29, 0.717) is 35.6 Å². The second-order valence-electron chi connectivity index (χ2n) is 8.42. The smallest absolute Gasteiger partial charge is 0.266 e. The molecular formula is C28H31N3O3S2. The van der Waals surface area contributed by atoms with Crippen molar-refractivity contribution in [1.82, 2.24) is 14.7 Å². The lowest BCUT2D eigenvalue weighted by atomic mass is 10.0. The van der Waals surface area contributed by atoms with Crippen LogP contribution in [0, 0.1) is 6.92 Å². The van der Waals surface area contributed by atoms with Crippen LogP contribution in [-0.4, -0.2) is 51.3 Å². The molecule has 188 valence electrons. The third kappa shape index (κ3) is 6.06. The fourth-order valence-electron chi connectivity index (χ4n) is 3.93. The minimum absolute atomic E-state index is 0.0695. The number of para-hydroxylation sites is 1. The minimum atomic E-state index is -0.0695. The third-order valence-corrected chi connectivity index (χ3v) is 7.10. The lowest BCUT2D eigenvalue weighted by Gasteiger charge is -2.13. The summed E-state index contributed by atoms with van der Waals surface area (Å²) in [5.41, 5.74) is 4.66. The summed E-state index contributed by atoms with van der Waals surface area (Å²) in [6.45, 7) is 8.61. The molecule has 1 amide bonds. The molecule has 0 unspecified atom stereocenters. The Kier molecular flexibility index (Phi) is 8.96. The zero-order valence-electron chi connectivity index (χ0n) is 20.9. The first-order valence-corrected chi connectivity index (χ1v) is 13.5. The molecule has 1 aliphatic heterocycles. The maximum Gasteiger partial charge on any atom is 0.266 e. The van der Waals surface area contributed by atoms with Gasteiger partial charge in [-0.05, 0) is 68.7 Å². The lowest BCUT2D eigenvalue weighted by Crippen LogP contribution is -2.29. The van der Waals surface area contributed by atoms with Crippen LogP contribution in [0.5, 0.6) is 5.75 Å². The maximum atomic E-state index is 13.2. The first kappa shape index (κ1) is 26.1. The van der Waals surface area contributed by atoms with Gasteiger partial charge in [-0.25, -0.2) is 4.68 Å². The Labute approximate surface area is 222 Å². The standard InChI is InChI=1S/C28H31N3O3S2/c1-4-15-34-23-12-13-24(20(3)17-23)26-21(19-31(29-26)22-10-7-6-8-11-22)18-25-27(32)30(28(35)36-25)14-9-16-33-5-2/h6-8,10-13,17-19H,4-5,9,14-16H2,1-3H3/b25-18-. The van der Waals surface area contributed by atoms with Gasteiger partial charge in [-0.3, -0.25) is 9.69 Å². The highest BCUT2D eigenvalue weighted by Crippen LogP contribution is 2.36. The van der Waals surface area contributed by atoms with E-state index < -0.39 is 0 Å². The Balaban J connectivity index is 1.69. The third-order valence-electron chi connectivity index (χ3n) is 5.72. The molecule has 8 heteroatoms. The Bertz CT molecular complexity index is 1250. The second-order valence-corrected chi connectivity index (χ2v) is 10.1. The van der Waals surface area contributed by atoms with Crippen LogP contribution in [0.1, 0.15) is 37.8 Å². The summed E-state index contributed by atoms with van der Waals surface area (Å²) in [6.07, 6.45) is 5.57. The molecule has 3 aromatic rings. The summed E-state index contributed by atoms with van der Waals surface area (Å²) in [6, 6.07) is 16.0. The summed E-state index contributed by atoms with van der Waals surface area (Å²) in [5.74, 6) is 0.773. The number of carbonyl (C=O) groups is 1. The van der Waals surface area contributed by atoms with Crippen LogP contribution in [0.25, 0.3) is 23.0 Å². The number of benzene rings is 2. The summed E-state index contributed by atoms with van der Waals surface area (Å²) in [7, 11) is 0. The number of aromatic nitrogens is 2. The molecule has 2 aromatic carbocycles. The van der Waals surface area contributed by atoms with Crippen LogP contribution in [0.2, 0.25) is 0 Å². The molecule has 2 heterocycles. The van der Waals surface area contributed by atoms with Crippen molar-refractivity contribution in [3.8, 4) is 22.7 Å². The second kappa shape index (κ2) is 12.3. The van der Waals surface area contributed by atoms with Gasteiger partial charge in [0.05, 0.1) is 17.2 Å². The van der Waals surface area contributed by atoms with E-state index in [1.165, 1.54) is 11.8 Å². The number of amides is 1. The van der Waals surface area contributed by atoms with Crippen LogP contribution in [0.15, 0.2) is 59.6 Å². The quantitative estimate of drug-likeness (QED) is 0.169. The number of hydrogen-bond donors (Lipinski definition) is 0. The topological polar surface area (TPSA) is 56.6 Å². The molecule has 36 heavy (non-hydrogen) atoms. The molecular weight excluding hydrogens is 490 g/mol. The largest absolute Gasteiger partial charge is 0.494 e. The van der Waals surface area contributed by atoms with Crippen LogP contribution in [0.4, 0.5) is 0 Å². The van der Waals surface area contributed by atoms with Gasteiger partial charge in [0.15, 0.2) is 0 Å². The van der Waals surface area contributed by atoms with Gasteiger partial charge in [0.2, 0.25) is 0 Å². The van der Waals surface area contributed by atoms with E-state index in [-0.39, 0.29) is 5.91 Å². The summed E-state index contributed by atoms with van der Waals surface area (Å²) < 4.78 is 13.7. The van der Waals surface area contributed by atoms with E-state index in [9.17, 15) is 4.79 Å². The summed E-state index contributed by atoms with van der Waals surface area (Å²) in [4.78, 5) is 15.5. The average molecular weight is 522 g/mol. The zero-order valence-corrected chi connectivity index (χ0v) is 22.5. The first-order valence-electron chi connectivity index (χ1n) is 12.2. The molecule has 0 saturated carbocycles. The van der Waals surface area contributed by atoms with Crippen molar-refractivity contribution in [2.24, 2.45) is 0 Å². The minimum Gasteiger partial charge on any atom is -0.494 e. The fourth-order valence-corrected chi connectivity index (χ4v) is 5.23. The van der Waals surface area contributed by atoms with Gasteiger partial charge in [-0.1, -0.05) is 49.1 Å². The number of thioether (sulfide) groups is 1. The Morgan fingerprint density at radius 2 is 1.92 bits per heavy atom. The SMILES string of the molecule is CCCOc1ccc(-c2nn(-c3ccccc3)cc2/C=C2\SC(=S)N(CCCOCC)C2=O)c(C)c1. The highest BCUT2D eigenvalue weighted by Gasteiger charge is 2.32. The van der Waals surface area contributed by atoms with Gasteiger partial charge in [-0.2, -0.15) is 5.10 Å². The molecule has 1 fully saturated rings. The molecule has 0 atom stereocenters. The van der Waals surface area contributed by atoms with Crippen LogP contribution < -0.4 is 4.74 Å². The van der Waals surface area contributed by atoms with Crippen LogP contribution in [0.3, 0.4) is 0 Å². The molecule has 0 bridgehead atoms. The molecule has 0 N–H and O–H groups in total. The predicted molar refractivity (Wildman–Crippen MR) is 151 cm³/mol. The van der Waals surface area contributed by atoms with E-state index in [4.69, 9.17) is 26.8 Å². The molecule has 6 nitrogen and oxygen atoms in total. The average Bonchev–Trinajstić information content (AvgIpc) is 3.41. The zero-order chi connectivity index (χ0) is 25.5. The van der Waals surface area contributed by atoms with E-state index in [1.54, 1.807) is 4.90 Å². The first-order chi connectivity index (χ1) is 17.5. The number of ether oxygens (including phenoxy) is 2. The van der Waals surface area contributed by atoms with Gasteiger partial charge in [0.25, 0.3) is 5.91 Å². The van der Waals surface area contributed by atoms with E-state index in [2.05, 4.69) is 13.8 Å². The highest BCUT2D eigenvalue weighted by molar-refractivity contribution is 8.26. The molecule has 0 radical (unpaired) electrons. The van der Waals surface area contributed by atoms with E-state index in [0.717, 1.165) is 46.7 Å². The normalized spacial score (nSPS) is 14.8. The molecule has 1 aliphatic rings. The molecule has 0 aliphatic carbocycles. The van der Waals surface area contributed by atoms with Crippen LogP contribution in [-0.2, 0) is 9.53 Å². The van der Waals surface area contributed by atoms with Gasteiger partial charge >= 0.3 is 0 Å². The number of hydrogen-bond acceptors (Lipinski definition) is 6. The lowest BCUT2D eigenvalue weighted by molar-refractivity contribution is -0.122.